The van der Waals surface area contributed by atoms with Crippen LogP contribution in [0.2, 0.25) is 10.0 Å². The quantitative estimate of drug-likeness (QED) is 0.223. The minimum Gasteiger partial charge on any atom is -0.379 e. The topological polar surface area (TPSA) is 88.0 Å². The van der Waals surface area contributed by atoms with Crippen molar-refractivity contribution in [3.05, 3.63) is 97.8 Å². The number of hydrogen-bond donors (Lipinski definition) is 2. The van der Waals surface area contributed by atoms with Gasteiger partial charge in [-0.3, -0.25) is 4.79 Å². The van der Waals surface area contributed by atoms with Gasteiger partial charge in [0.05, 0.1) is 33.4 Å². The van der Waals surface area contributed by atoms with E-state index < -0.39 is 5.56 Å². The molecule has 0 aliphatic carbocycles. The molecule has 7 nitrogen and oxygen atoms in total. The van der Waals surface area contributed by atoms with Crippen LogP contribution in [0.1, 0.15) is 29.7 Å². The van der Waals surface area contributed by atoms with Gasteiger partial charge in [0.1, 0.15) is 23.0 Å². The van der Waals surface area contributed by atoms with Crippen LogP contribution < -0.4 is 10.9 Å². The van der Waals surface area contributed by atoms with Crippen molar-refractivity contribution in [3.8, 4) is 11.1 Å². The average molecular weight is 569 g/mol. The molecule has 0 amide bonds. The third-order valence-corrected chi connectivity index (χ3v) is 7.59. The van der Waals surface area contributed by atoms with E-state index in [-0.39, 0.29) is 11.4 Å². The fourth-order valence-electron chi connectivity index (χ4n) is 4.08. The number of nitrogens with one attached hydrogen (secondary N) is 2. The van der Waals surface area contributed by atoms with Crippen LogP contribution in [-0.2, 0) is 13.0 Å². The number of rotatable bonds is 7. The molecular weight excluding hydrogens is 546 g/mol. The summed E-state index contributed by atoms with van der Waals surface area (Å²) in [6.45, 7) is 6.33. The Balaban J connectivity index is 1.47. The average Bonchev–Trinajstić information content (AvgIpc) is 3.25. The van der Waals surface area contributed by atoms with Crippen LogP contribution in [0.5, 0.6) is 0 Å². The number of imidazole rings is 1. The molecule has 5 rings (SSSR count). The summed E-state index contributed by atoms with van der Waals surface area (Å²) in [6, 6.07) is 11.9. The molecular formula is C27H23Cl2FN6OS. The number of hydrogen-bond acceptors (Lipinski definition) is 6. The fraction of sp³-hybridized carbons (Fsp3) is 0.185. The summed E-state index contributed by atoms with van der Waals surface area (Å²) in [7, 11) is 0. The number of benzene rings is 2. The lowest BCUT2D eigenvalue weighted by molar-refractivity contribution is 0.600. The highest BCUT2D eigenvalue weighted by Crippen LogP contribution is 2.38. The zero-order valence-corrected chi connectivity index (χ0v) is 23.1. The summed E-state index contributed by atoms with van der Waals surface area (Å²) in [5, 5.41) is 8.93. The first-order valence-corrected chi connectivity index (χ1v) is 13.4. The second-order valence-electron chi connectivity index (χ2n) is 8.74. The van der Waals surface area contributed by atoms with E-state index in [0.29, 0.717) is 43.3 Å². The SMILES string of the molecule is CCc1nc(CNc2cc(Cl)c(-c3c(=O)ncn4nc(Sc5ccc(C)cc5F)ccc34)c(Cl)c2)c(C)[nH]1. The van der Waals surface area contributed by atoms with Crippen LogP contribution in [0.15, 0.2) is 63.5 Å². The van der Waals surface area contributed by atoms with E-state index >= 15 is 0 Å². The Morgan fingerprint density at radius 1 is 1.08 bits per heavy atom. The number of anilines is 1. The molecule has 0 saturated carbocycles. The highest BCUT2D eigenvalue weighted by molar-refractivity contribution is 7.99. The van der Waals surface area contributed by atoms with Crippen molar-refractivity contribution >= 4 is 46.2 Å². The number of fused-ring (bicyclic) bond motifs is 1. The van der Waals surface area contributed by atoms with Gasteiger partial charge in [0, 0.05) is 28.3 Å². The monoisotopic (exact) mass is 568 g/mol. The summed E-state index contributed by atoms with van der Waals surface area (Å²) in [6.07, 6.45) is 2.14. The number of aromatic amines is 1. The fourth-order valence-corrected chi connectivity index (χ4v) is 5.54. The standard InChI is InChI=1S/C27H23Cl2FN6OS/c1-4-23-33-15(3)20(34-23)12-31-16-10-17(28)25(18(29)11-16)26-21-6-8-24(35-36(21)13-32-27(26)37)38-22-7-5-14(2)9-19(22)30/h5-11,13,31H,4,12H2,1-3H3,(H,33,34). The van der Waals surface area contributed by atoms with Gasteiger partial charge in [-0.2, -0.15) is 10.1 Å². The lowest BCUT2D eigenvalue weighted by Gasteiger charge is -2.13. The van der Waals surface area contributed by atoms with Gasteiger partial charge in [0.2, 0.25) is 0 Å². The summed E-state index contributed by atoms with van der Waals surface area (Å²) in [5.41, 5.74) is 4.01. The first-order valence-electron chi connectivity index (χ1n) is 11.8. The van der Waals surface area contributed by atoms with Crippen LogP contribution in [0, 0.1) is 19.7 Å². The zero-order valence-electron chi connectivity index (χ0n) is 20.8. The Morgan fingerprint density at radius 3 is 2.53 bits per heavy atom. The molecule has 0 fully saturated rings. The Labute approximate surface area is 232 Å². The van der Waals surface area contributed by atoms with E-state index in [1.165, 1.54) is 28.7 Å². The van der Waals surface area contributed by atoms with Gasteiger partial charge in [0.25, 0.3) is 5.56 Å². The Bertz CT molecular complexity index is 1710. The lowest BCUT2D eigenvalue weighted by Crippen LogP contribution is -2.14. The Kier molecular flexibility index (Phi) is 7.43. The molecule has 0 unspecified atom stereocenters. The number of halogens is 3. The van der Waals surface area contributed by atoms with Crippen LogP contribution in [0.3, 0.4) is 0 Å². The zero-order chi connectivity index (χ0) is 27.0. The Hall–Kier alpha value is -3.40. The number of aromatic nitrogens is 5. The molecule has 0 aliphatic heterocycles. The second kappa shape index (κ2) is 10.8. The highest BCUT2D eigenvalue weighted by atomic mass is 35.5. The van der Waals surface area contributed by atoms with Gasteiger partial charge in [-0.1, -0.05) is 48.0 Å². The molecule has 11 heteroatoms. The summed E-state index contributed by atoms with van der Waals surface area (Å²) in [4.78, 5) is 25.2. The Morgan fingerprint density at radius 2 is 1.84 bits per heavy atom. The summed E-state index contributed by atoms with van der Waals surface area (Å²) in [5.74, 6) is 0.602. The van der Waals surface area contributed by atoms with Crippen LogP contribution >= 0.6 is 35.0 Å². The van der Waals surface area contributed by atoms with Crippen molar-refractivity contribution in [2.24, 2.45) is 0 Å². The molecule has 0 atom stereocenters. The molecule has 3 heterocycles. The summed E-state index contributed by atoms with van der Waals surface area (Å²) >= 11 is 14.5. The second-order valence-corrected chi connectivity index (χ2v) is 10.6. The largest absolute Gasteiger partial charge is 0.379 e. The lowest BCUT2D eigenvalue weighted by atomic mass is 10.1. The summed E-state index contributed by atoms with van der Waals surface area (Å²) < 4.78 is 15.8. The van der Waals surface area contributed by atoms with Gasteiger partial charge in [-0.25, -0.2) is 13.9 Å². The van der Waals surface area contributed by atoms with E-state index in [2.05, 4.69) is 25.4 Å². The predicted octanol–water partition coefficient (Wildman–Crippen LogP) is 6.87. The molecule has 0 bridgehead atoms. The van der Waals surface area contributed by atoms with E-state index in [9.17, 15) is 9.18 Å². The molecule has 2 aromatic carbocycles. The van der Waals surface area contributed by atoms with Gasteiger partial charge >= 0.3 is 0 Å². The van der Waals surface area contributed by atoms with Gasteiger partial charge in [0.15, 0.2) is 0 Å². The van der Waals surface area contributed by atoms with Gasteiger partial charge in [-0.15, -0.1) is 0 Å². The van der Waals surface area contributed by atoms with Crippen molar-refractivity contribution in [2.45, 2.75) is 43.7 Å². The normalized spacial score (nSPS) is 11.3. The van der Waals surface area contributed by atoms with Crippen molar-refractivity contribution in [3.63, 3.8) is 0 Å². The van der Waals surface area contributed by atoms with Crippen molar-refractivity contribution in [2.75, 3.05) is 5.32 Å². The van der Waals surface area contributed by atoms with Crippen LogP contribution in [0.25, 0.3) is 16.6 Å². The van der Waals surface area contributed by atoms with Crippen molar-refractivity contribution in [1.29, 1.82) is 0 Å². The van der Waals surface area contributed by atoms with Crippen LogP contribution in [0.4, 0.5) is 10.1 Å². The van der Waals surface area contributed by atoms with E-state index in [4.69, 9.17) is 23.2 Å². The third-order valence-electron chi connectivity index (χ3n) is 6.01. The molecule has 0 spiro atoms. The van der Waals surface area contributed by atoms with Crippen LogP contribution in [-0.4, -0.2) is 24.6 Å². The third kappa shape index (κ3) is 5.27. The van der Waals surface area contributed by atoms with Crippen molar-refractivity contribution in [1.82, 2.24) is 24.6 Å². The molecule has 2 N–H and O–H groups in total. The van der Waals surface area contributed by atoms with E-state index in [1.54, 1.807) is 30.3 Å². The molecule has 3 aromatic heterocycles. The van der Waals surface area contributed by atoms with E-state index in [0.717, 1.165) is 29.2 Å². The van der Waals surface area contributed by atoms with E-state index in [1.807, 2.05) is 26.8 Å². The van der Waals surface area contributed by atoms with Gasteiger partial charge in [-0.05, 0) is 55.8 Å². The maximum Gasteiger partial charge on any atom is 0.281 e. The van der Waals surface area contributed by atoms with Gasteiger partial charge < -0.3 is 10.3 Å². The maximum absolute atomic E-state index is 14.3. The van der Waals surface area contributed by atoms with Crippen molar-refractivity contribution < 1.29 is 4.39 Å². The molecule has 194 valence electrons. The first kappa shape index (κ1) is 26.2. The predicted molar refractivity (Wildman–Crippen MR) is 150 cm³/mol. The minimum atomic E-state index is -0.486. The first-order chi connectivity index (χ1) is 18.2. The number of nitrogens with zero attached hydrogens (tertiary/aromatic N) is 4. The maximum atomic E-state index is 14.3. The molecule has 0 saturated heterocycles. The molecule has 0 radical (unpaired) electrons. The minimum absolute atomic E-state index is 0.232. The number of aryl methyl sites for hydroxylation is 3. The highest BCUT2D eigenvalue weighted by Gasteiger charge is 2.19. The molecule has 0 aliphatic rings. The number of H-pyrrole nitrogens is 1. The molecule has 38 heavy (non-hydrogen) atoms. The smallest absolute Gasteiger partial charge is 0.281 e. The molecule has 5 aromatic rings.